The highest BCUT2D eigenvalue weighted by Gasteiger charge is 2.08. The van der Waals surface area contributed by atoms with E-state index in [-0.39, 0.29) is 5.82 Å². The van der Waals surface area contributed by atoms with Crippen LogP contribution in [0.2, 0.25) is 0 Å². The predicted molar refractivity (Wildman–Crippen MR) is 86.7 cm³/mol. The first kappa shape index (κ1) is 18.1. The maximum atomic E-state index is 13.8. The number of halogens is 1. The maximum Gasteiger partial charge on any atom is 0.128 e. The Kier molecular flexibility index (Phi) is 9.27. The van der Waals surface area contributed by atoms with Gasteiger partial charge in [0.05, 0.1) is 6.61 Å². The highest BCUT2D eigenvalue weighted by atomic mass is 19.1. The first-order valence-corrected chi connectivity index (χ1v) is 8.26. The molecule has 0 saturated carbocycles. The molecule has 0 radical (unpaired) electrons. The number of rotatable bonds is 11. The summed E-state index contributed by atoms with van der Waals surface area (Å²) in [6, 6.07) is 5.28. The molecule has 0 aliphatic heterocycles. The van der Waals surface area contributed by atoms with Crippen LogP contribution >= 0.6 is 0 Å². The molecule has 0 saturated heterocycles. The van der Waals surface area contributed by atoms with Crippen molar-refractivity contribution in [2.75, 3.05) is 13.2 Å². The van der Waals surface area contributed by atoms with Crippen molar-refractivity contribution in [3.63, 3.8) is 0 Å². The van der Waals surface area contributed by atoms with Crippen LogP contribution in [0.1, 0.15) is 57.6 Å². The molecule has 1 aromatic carbocycles. The molecular formula is C18H30FNO. The van der Waals surface area contributed by atoms with E-state index in [1.807, 2.05) is 12.1 Å². The Hall–Kier alpha value is -0.930. The van der Waals surface area contributed by atoms with Crippen LogP contribution in [-0.2, 0) is 17.9 Å². The minimum absolute atomic E-state index is 0.170. The Bertz CT molecular complexity index is 395. The fraction of sp³-hybridized carbons (Fsp3) is 0.667. The van der Waals surface area contributed by atoms with Crippen LogP contribution in [0.3, 0.4) is 0 Å². The largest absolute Gasteiger partial charge is 0.376 e. The maximum absolute atomic E-state index is 13.8. The lowest BCUT2D eigenvalue weighted by Crippen LogP contribution is -2.13. The highest BCUT2D eigenvalue weighted by Crippen LogP contribution is 2.16. The summed E-state index contributed by atoms with van der Waals surface area (Å²) >= 11 is 0. The zero-order chi connectivity index (χ0) is 15.5. The number of hydrogen-bond acceptors (Lipinski definition) is 2. The Balaban J connectivity index is 2.46. The summed E-state index contributed by atoms with van der Waals surface area (Å²) in [5.41, 5.74) is 1.77. The van der Waals surface area contributed by atoms with E-state index < -0.39 is 0 Å². The second kappa shape index (κ2) is 10.7. The van der Waals surface area contributed by atoms with E-state index in [2.05, 4.69) is 26.1 Å². The van der Waals surface area contributed by atoms with Crippen molar-refractivity contribution in [2.24, 2.45) is 5.92 Å². The summed E-state index contributed by atoms with van der Waals surface area (Å²) in [5, 5.41) is 3.25. The van der Waals surface area contributed by atoms with Crippen molar-refractivity contribution in [2.45, 2.75) is 59.6 Å². The average molecular weight is 295 g/mol. The SMILES string of the molecule is CCCCC(CC)COCc1cc(CNCC)ccc1F. The highest BCUT2D eigenvalue weighted by molar-refractivity contribution is 5.24. The lowest BCUT2D eigenvalue weighted by molar-refractivity contribution is 0.0801. The van der Waals surface area contributed by atoms with E-state index in [9.17, 15) is 4.39 Å². The first-order chi connectivity index (χ1) is 10.2. The standard InChI is InChI=1S/C18H30FNO/c1-4-7-8-15(5-2)13-21-14-17-11-16(12-20-6-3)9-10-18(17)19/h9-11,15,20H,4-8,12-14H2,1-3H3. The molecule has 0 aromatic heterocycles. The fourth-order valence-electron chi connectivity index (χ4n) is 2.35. The van der Waals surface area contributed by atoms with Crippen molar-refractivity contribution in [1.29, 1.82) is 0 Å². The van der Waals surface area contributed by atoms with Gasteiger partial charge in [0.1, 0.15) is 5.82 Å². The summed E-state index contributed by atoms with van der Waals surface area (Å²) in [4.78, 5) is 0. The third-order valence-corrected chi connectivity index (χ3v) is 3.84. The molecule has 0 spiro atoms. The van der Waals surface area contributed by atoms with E-state index in [4.69, 9.17) is 4.74 Å². The van der Waals surface area contributed by atoms with Crippen molar-refractivity contribution >= 4 is 0 Å². The summed E-state index contributed by atoms with van der Waals surface area (Å²) in [7, 11) is 0. The molecule has 1 N–H and O–H groups in total. The number of benzene rings is 1. The predicted octanol–water partition coefficient (Wildman–Crippen LogP) is 4.67. The molecule has 0 fully saturated rings. The van der Waals surface area contributed by atoms with Gasteiger partial charge in [-0.2, -0.15) is 0 Å². The molecule has 0 aliphatic carbocycles. The molecular weight excluding hydrogens is 265 g/mol. The molecule has 120 valence electrons. The summed E-state index contributed by atoms with van der Waals surface area (Å²) in [6.45, 7) is 9.26. The average Bonchev–Trinajstić information content (AvgIpc) is 2.51. The Morgan fingerprint density at radius 2 is 2.05 bits per heavy atom. The zero-order valence-electron chi connectivity index (χ0n) is 13.8. The Morgan fingerprint density at radius 1 is 1.24 bits per heavy atom. The van der Waals surface area contributed by atoms with Crippen molar-refractivity contribution in [1.82, 2.24) is 5.32 Å². The van der Waals surface area contributed by atoms with Crippen LogP contribution in [0, 0.1) is 11.7 Å². The smallest absolute Gasteiger partial charge is 0.128 e. The quantitative estimate of drug-likeness (QED) is 0.640. The number of nitrogens with one attached hydrogen (secondary N) is 1. The van der Waals surface area contributed by atoms with E-state index >= 15 is 0 Å². The number of ether oxygens (including phenoxy) is 1. The van der Waals surface area contributed by atoms with Gasteiger partial charge in [-0.05, 0) is 36.6 Å². The zero-order valence-corrected chi connectivity index (χ0v) is 13.8. The van der Waals surface area contributed by atoms with E-state index in [0.29, 0.717) is 18.1 Å². The summed E-state index contributed by atoms with van der Waals surface area (Å²) in [6.07, 6.45) is 4.80. The van der Waals surface area contributed by atoms with E-state index in [0.717, 1.165) is 31.7 Å². The van der Waals surface area contributed by atoms with Crippen LogP contribution in [0.4, 0.5) is 4.39 Å². The molecule has 0 bridgehead atoms. The van der Waals surface area contributed by atoms with E-state index in [1.165, 1.54) is 19.3 Å². The second-order valence-electron chi connectivity index (χ2n) is 5.64. The monoisotopic (exact) mass is 295 g/mol. The second-order valence-corrected chi connectivity index (χ2v) is 5.64. The normalized spacial score (nSPS) is 12.6. The van der Waals surface area contributed by atoms with Gasteiger partial charge in [0.15, 0.2) is 0 Å². The third-order valence-electron chi connectivity index (χ3n) is 3.84. The third kappa shape index (κ3) is 7.05. The minimum atomic E-state index is -0.170. The van der Waals surface area contributed by atoms with Crippen LogP contribution in [0.5, 0.6) is 0 Å². The number of hydrogen-bond donors (Lipinski definition) is 1. The van der Waals surface area contributed by atoms with Crippen LogP contribution in [-0.4, -0.2) is 13.2 Å². The van der Waals surface area contributed by atoms with Gasteiger partial charge in [-0.1, -0.05) is 46.1 Å². The van der Waals surface area contributed by atoms with Crippen LogP contribution in [0.15, 0.2) is 18.2 Å². The summed E-state index contributed by atoms with van der Waals surface area (Å²) in [5.74, 6) is 0.426. The van der Waals surface area contributed by atoms with Crippen molar-refractivity contribution in [3.05, 3.63) is 35.1 Å². The molecule has 1 unspecified atom stereocenters. The summed E-state index contributed by atoms with van der Waals surface area (Å²) < 4.78 is 19.6. The molecule has 0 amide bonds. The molecule has 1 rings (SSSR count). The fourth-order valence-corrected chi connectivity index (χ4v) is 2.35. The molecule has 0 aliphatic rings. The molecule has 1 aromatic rings. The Morgan fingerprint density at radius 3 is 2.71 bits per heavy atom. The topological polar surface area (TPSA) is 21.3 Å². The van der Waals surface area contributed by atoms with Gasteiger partial charge in [-0.3, -0.25) is 0 Å². The molecule has 1 atom stereocenters. The lowest BCUT2D eigenvalue weighted by atomic mass is 10.0. The molecule has 0 heterocycles. The van der Waals surface area contributed by atoms with Gasteiger partial charge in [0.2, 0.25) is 0 Å². The van der Waals surface area contributed by atoms with Gasteiger partial charge in [-0.25, -0.2) is 4.39 Å². The van der Waals surface area contributed by atoms with Gasteiger partial charge in [-0.15, -0.1) is 0 Å². The lowest BCUT2D eigenvalue weighted by Gasteiger charge is -2.15. The van der Waals surface area contributed by atoms with Crippen molar-refractivity contribution < 1.29 is 9.13 Å². The van der Waals surface area contributed by atoms with Gasteiger partial charge >= 0.3 is 0 Å². The first-order valence-electron chi connectivity index (χ1n) is 8.26. The van der Waals surface area contributed by atoms with Crippen LogP contribution < -0.4 is 5.32 Å². The van der Waals surface area contributed by atoms with Gasteiger partial charge < -0.3 is 10.1 Å². The Labute approximate surface area is 129 Å². The molecule has 21 heavy (non-hydrogen) atoms. The van der Waals surface area contributed by atoms with Gasteiger partial charge in [0, 0.05) is 18.7 Å². The van der Waals surface area contributed by atoms with Crippen LogP contribution in [0.25, 0.3) is 0 Å². The molecule has 3 heteroatoms. The van der Waals surface area contributed by atoms with Crippen molar-refractivity contribution in [3.8, 4) is 0 Å². The van der Waals surface area contributed by atoms with E-state index in [1.54, 1.807) is 6.07 Å². The minimum Gasteiger partial charge on any atom is -0.376 e. The van der Waals surface area contributed by atoms with Gasteiger partial charge in [0.25, 0.3) is 0 Å². The molecule has 2 nitrogen and oxygen atoms in total. The number of unbranched alkanes of at least 4 members (excludes halogenated alkanes) is 1.